The number of hydrogen-bond acceptors (Lipinski definition) is 3. The number of ketones is 1. The number of ether oxygens (including phenoxy) is 1. The molecule has 0 radical (unpaired) electrons. The molecule has 1 aromatic carbocycles. The fourth-order valence-electron chi connectivity index (χ4n) is 1.04. The minimum atomic E-state index is -4.70. The van der Waals surface area contributed by atoms with Crippen molar-refractivity contribution in [1.29, 1.82) is 0 Å². The van der Waals surface area contributed by atoms with Crippen molar-refractivity contribution in [2.45, 2.75) is 6.36 Å². The quantitative estimate of drug-likeness (QED) is 0.827. The number of alkyl halides is 3. The summed E-state index contributed by atoms with van der Waals surface area (Å²) in [5, 5.41) is 0. The molecule has 0 aliphatic heterocycles. The summed E-state index contributed by atoms with van der Waals surface area (Å²) in [7, 11) is 0. The van der Waals surface area contributed by atoms with Gasteiger partial charge in [-0.25, -0.2) is 0 Å². The third-order valence-corrected chi connectivity index (χ3v) is 1.78. The summed E-state index contributed by atoms with van der Waals surface area (Å²) in [6.45, 7) is -0.105. The van der Waals surface area contributed by atoms with Gasteiger partial charge in [0, 0.05) is 0 Å². The number of rotatable bonds is 4. The lowest BCUT2D eigenvalue weighted by Crippen LogP contribution is -2.16. The van der Waals surface area contributed by atoms with E-state index in [1.807, 2.05) is 0 Å². The van der Waals surface area contributed by atoms with E-state index in [9.17, 15) is 18.0 Å². The van der Waals surface area contributed by atoms with Crippen LogP contribution >= 0.6 is 0 Å². The molecule has 0 aliphatic carbocycles. The van der Waals surface area contributed by atoms with Crippen LogP contribution in [-0.2, 0) is 4.79 Å². The minimum Gasteiger partial charge on any atom is -0.406 e. The Hall–Kier alpha value is -1.82. The van der Waals surface area contributed by atoms with E-state index < -0.39 is 6.36 Å². The summed E-state index contributed by atoms with van der Waals surface area (Å²) >= 11 is 0. The normalized spacial score (nSPS) is 11.8. The number of halogens is 3. The maximum atomic E-state index is 11.8. The van der Waals surface area contributed by atoms with Crippen molar-refractivity contribution in [2.75, 3.05) is 6.54 Å². The average Bonchev–Trinajstić information content (AvgIpc) is 2.25. The van der Waals surface area contributed by atoms with E-state index in [1.54, 1.807) is 0 Å². The average molecular weight is 245 g/mol. The number of hydrogen-bond donors (Lipinski definition) is 1. The summed E-state index contributed by atoms with van der Waals surface area (Å²) in [5.41, 5.74) is 5.67. The van der Waals surface area contributed by atoms with Crippen LogP contribution in [-0.4, -0.2) is 18.7 Å². The lowest BCUT2D eigenvalue weighted by Gasteiger charge is -2.08. The highest BCUT2D eigenvalue weighted by molar-refractivity contribution is 5.94. The van der Waals surface area contributed by atoms with Crippen LogP contribution < -0.4 is 10.5 Å². The second kappa shape index (κ2) is 5.49. The zero-order valence-corrected chi connectivity index (χ0v) is 8.70. The van der Waals surface area contributed by atoms with Crippen LogP contribution in [0, 0.1) is 0 Å². The lowest BCUT2D eigenvalue weighted by molar-refractivity contribution is -0.274. The predicted molar refractivity (Wildman–Crippen MR) is 56.2 cm³/mol. The first-order valence-electron chi connectivity index (χ1n) is 4.67. The number of carbonyl (C=O) groups is 1. The molecule has 0 heterocycles. The van der Waals surface area contributed by atoms with Crippen molar-refractivity contribution >= 4 is 11.9 Å². The molecule has 0 aliphatic rings. The molecule has 2 N–H and O–H groups in total. The maximum absolute atomic E-state index is 11.8. The number of nitrogens with two attached hydrogens (primary N) is 1. The van der Waals surface area contributed by atoms with Gasteiger partial charge < -0.3 is 10.5 Å². The second-order valence-corrected chi connectivity index (χ2v) is 3.12. The third kappa shape index (κ3) is 5.17. The summed E-state index contributed by atoms with van der Waals surface area (Å²) < 4.78 is 39.2. The Morgan fingerprint density at radius 2 is 1.88 bits per heavy atom. The second-order valence-electron chi connectivity index (χ2n) is 3.12. The summed E-state index contributed by atoms with van der Waals surface area (Å²) in [6.07, 6.45) is -1.97. The monoisotopic (exact) mass is 245 g/mol. The van der Waals surface area contributed by atoms with Gasteiger partial charge in [-0.1, -0.05) is 18.2 Å². The van der Waals surface area contributed by atoms with Crippen LogP contribution in [0.25, 0.3) is 6.08 Å². The summed E-state index contributed by atoms with van der Waals surface area (Å²) in [5.74, 6) is -0.569. The van der Waals surface area contributed by atoms with Crippen molar-refractivity contribution in [3.8, 4) is 5.75 Å². The molecule has 0 spiro atoms. The molecule has 92 valence electrons. The van der Waals surface area contributed by atoms with Gasteiger partial charge >= 0.3 is 6.36 Å². The van der Waals surface area contributed by atoms with Gasteiger partial charge in [-0.3, -0.25) is 4.79 Å². The Bertz CT molecular complexity index is 410. The van der Waals surface area contributed by atoms with Crippen molar-refractivity contribution in [3.63, 3.8) is 0 Å². The Morgan fingerprint density at radius 3 is 2.35 bits per heavy atom. The molecule has 0 atom stereocenters. The van der Waals surface area contributed by atoms with Crippen molar-refractivity contribution in [1.82, 2.24) is 0 Å². The number of benzene rings is 1. The minimum absolute atomic E-state index is 0.105. The van der Waals surface area contributed by atoms with Crippen molar-refractivity contribution in [2.24, 2.45) is 5.73 Å². The Kier molecular flexibility index (Phi) is 4.28. The van der Waals surface area contributed by atoms with Crippen LogP contribution in [0.2, 0.25) is 0 Å². The molecule has 0 saturated heterocycles. The number of carbonyl (C=O) groups excluding carboxylic acids is 1. The molecular weight excluding hydrogens is 235 g/mol. The first-order valence-corrected chi connectivity index (χ1v) is 4.67. The molecular formula is C11H10F3NO2. The van der Waals surface area contributed by atoms with Crippen molar-refractivity contribution in [3.05, 3.63) is 35.9 Å². The highest BCUT2D eigenvalue weighted by Gasteiger charge is 2.30. The van der Waals surface area contributed by atoms with Crippen LogP contribution in [0.4, 0.5) is 13.2 Å². The molecule has 0 bridgehead atoms. The van der Waals surface area contributed by atoms with Gasteiger partial charge in [-0.2, -0.15) is 0 Å². The van der Waals surface area contributed by atoms with E-state index in [1.165, 1.54) is 36.4 Å². The summed E-state index contributed by atoms with van der Waals surface area (Å²) in [6, 6.07) is 5.14. The Labute approximate surface area is 95.7 Å². The smallest absolute Gasteiger partial charge is 0.406 e. The standard InChI is InChI=1S/C11H10F3NO2/c12-11(13,14)17-10-5-2-8(3-6-10)1-4-9(16)7-15/h1-6H,7,15H2/b4-1+. The first-order chi connectivity index (χ1) is 7.90. The van der Waals surface area contributed by atoms with E-state index in [0.29, 0.717) is 5.56 Å². The molecule has 0 amide bonds. The third-order valence-electron chi connectivity index (χ3n) is 1.78. The lowest BCUT2D eigenvalue weighted by atomic mass is 10.2. The molecule has 6 heteroatoms. The SMILES string of the molecule is NCC(=O)/C=C/c1ccc(OC(F)(F)F)cc1. The highest BCUT2D eigenvalue weighted by atomic mass is 19.4. The van der Waals surface area contributed by atoms with Crippen LogP contribution in [0.5, 0.6) is 5.75 Å². The highest BCUT2D eigenvalue weighted by Crippen LogP contribution is 2.22. The molecule has 0 unspecified atom stereocenters. The molecule has 0 saturated carbocycles. The van der Waals surface area contributed by atoms with Gasteiger partial charge in [0.1, 0.15) is 5.75 Å². The fourth-order valence-corrected chi connectivity index (χ4v) is 1.04. The van der Waals surface area contributed by atoms with Gasteiger partial charge in [0.2, 0.25) is 0 Å². The Morgan fingerprint density at radius 1 is 1.29 bits per heavy atom. The van der Waals surface area contributed by atoms with Crippen LogP contribution in [0.1, 0.15) is 5.56 Å². The van der Waals surface area contributed by atoms with E-state index in [-0.39, 0.29) is 18.1 Å². The maximum Gasteiger partial charge on any atom is 0.573 e. The van der Waals surface area contributed by atoms with Gasteiger partial charge in [0.05, 0.1) is 6.54 Å². The molecule has 1 aromatic rings. The molecule has 0 fully saturated rings. The van der Waals surface area contributed by atoms with E-state index in [2.05, 4.69) is 4.74 Å². The molecule has 3 nitrogen and oxygen atoms in total. The predicted octanol–water partition coefficient (Wildman–Crippen LogP) is 2.13. The molecule has 17 heavy (non-hydrogen) atoms. The van der Waals surface area contributed by atoms with Gasteiger partial charge in [-0.05, 0) is 23.8 Å². The topological polar surface area (TPSA) is 52.3 Å². The van der Waals surface area contributed by atoms with E-state index >= 15 is 0 Å². The van der Waals surface area contributed by atoms with E-state index in [4.69, 9.17) is 5.73 Å². The van der Waals surface area contributed by atoms with Gasteiger partial charge in [0.25, 0.3) is 0 Å². The first kappa shape index (κ1) is 13.2. The van der Waals surface area contributed by atoms with Gasteiger partial charge in [0.15, 0.2) is 5.78 Å². The largest absolute Gasteiger partial charge is 0.573 e. The Balaban J connectivity index is 2.68. The molecule has 0 aromatic heterocycles. The zero-order valence-electron chi connectivity index (χ0n) is 8.70. The van der Waals surface area contributed by atoms with E-state index in [0.717, 1.165) is 0 Å². The van der Waals surface area contributed by atoms with Crippen LogP contribution in [0.15, 0.2) is 30.3 Å². The molecule has 1 rings (SSSR count). The van der Waals surface area contributed by atoms with Crippen molar-refractivity contribution < 1.29 is 22.7 Å². The zero-order chi connectivity index (χ0) is 12.9. The fraction of sp³-hybridized carbons (Fsp3) is 0.182. The van der Waals surface area contributed by atoms with Crippen LogP contribution in [0.3, 0.4) is 0 Å². The van der Waals surface area contributed by atoms with Gasteiger partial charge in [-0.15, -0.1) is 13.2 Å². The summed E-state index contributed by atoms with van der Waals surface area (Å²) in [4.78, 5) is 10.9.